The molecule has 30 heavy (non-hydrogen) atoms. The van der Waals surface area contributed by atoms with Gasteiger partial charge < -0.3 is 15.3 Å². The highest BCUT2D eigenvalue weighted by atomic mass is 16.3. The van der Waals surface area contributed by atoms with Crippen LogP contribution >= 0.6 is 0 Å². The third-order valence-corrected chi connectivity index (χ3v) is 8.02. The summed E-state index contributed by atoms with van der Waals surface area (Å²) in [5.74, 6) is 1.94. The Morgan fingerprint density at radius 2 is 1.97 bits per heavy atom. The molecule has 168 valence electrons. The highest BCUT2D eigenvalue weighted by Gasteiger charge is 2.50. The minimum Gasteiger partial charge on any atom is -0.393 e. The molecule has 0 aromatic rings. The van der Waals surface area contributed by atoms with Crippen molar-refractivity contribution < 1.29 is 15.3 Å². The van der Waals surface area contributed by atoms with Crippen molar-refractivity contribution in [1.82, 2.24) is 0 Å². The molecule has 3 nitrogen and oxygen atoms in total. The van der Waals surface area contributed by atoms with Crippen molar-refractivity contribution in [2.24, 2.45) is 23.2 Å². The number of aliphatic hydroxyl groups excluding tert-OH is 2. The second-order valence-electron chi connectivity index (χ2n) is 10.9. The number of fused-ring (bicyclic) bond motifs is 1. The first-order valence-corrected chi connectivity index (χ1v) is 11.9. The number of hydrogen-bond donors (Lipinski definition) is 3. The van der Waals surface area contributed by atoms with Crippen molar-refractivity contribution >= 4 is 0 Å². The van der Waals surface area contributed by atoms with Gasteiger partial charge in [0.15, 0.2) is 0 Å². The molecule has 3 rings (SSSR count). The zero-order chi connectivity index (χ0) is 22.1. The van der Waals surface area contributed by atoms with E-state index in [1.54, 1.807) is 5.57 Å². The Morgan fingerprint density at radius 1 is 1.23 bits per heavy atom. The van der Waals surface area contributed by atoms with Gasteiger partial charge in [0, 0.05) is 6.42 Å². The molecule has 0 aromatic heterocycles. The van der Waals surface area contributed by atoms with Crippen LogP contribution in [0.4, 0.5) is 0 Å². The van der Waals surface area contributed by atoms with Crippen LogP contribution < -0.4 is 0 Å². The molecule has 3 aliphatic carbocycles. The van der Waals surface area contributed by atoms with Crippen LogP contribution in [0.25, 0.3) is 0 Å². The Kier molecular flexibility index (Phi) is 7.16. The quantitative estimate of drug-likeness (QED) is 0.522. The van der Waals surface area contributed by atoms with Crippen molar-refractivity contribution in [2.45, 2.75) is 96.9 Å². The molecule has 0 aromatic carbocycles. The van der Waals surface area contributed by atoms with E-state index in [1.165, 1.54) is 25.7 Å². The van der Waals surface area contributed by atoms with E-state index in [0.717, 1.165) is 24.0 Å². The number of aliphatic hydroxyl groups is 3. The van der Waals surface area contributed by atoms with Crippen LogP contribution in [0.1, 0.15) is 79.1 Å². The molecule has 3 fully saturated rings. The minimum absolute atomic E-state index is 0.340. The van der Waals surface area contributed by atoms with Gasteiger partial charge in [-0.1, -0.05) is 50.3 Å². The van der Waals surface area contributed by atoms with Crippen LogP contribution in [0.3, 0.4) is 0 Å². The highest BCUT2D eigenvalue weighted by molar-refractivity contribution is 5.38. The standard InChI is InChI=1S/C27H42O3/c1-18(8-6-14-26(3,4)30)23-12-13-24-20(9-7-15-27(23,24)5)10-11-21-16-22(28)17-25(29)19(21)2/h6,10-11,14,18,22-25,28-30H,2,7-9,12-13,15-17H2,1,3-5H3/b14-6+,20-10+,21-11-/t18-,22-,23-,24+,25?,27-/m1/s1. The molecule has 3 aliphatic rings. The number of hydrogen-bond acceptors (Lipinski definition) is 3. The van der Waals surface area contributed by atoms with Crippen LogP contribution in [-0.2, 0) is 0 Å². The minimum atomic E-state index is -0.736. The lowest BCUT2D eigenvalue weighted by Crippen LogP contribution is -2.35. The Morgan fingerprint density at radius 3 is 2.67 bits per heavy atom. The molecule has 1 unspecified atom stereocenters. The van der Waals surface area contributed by atoms with E-state index in [1.807, 2.05) is 19.9 Å². The summed E-state index contributed by atoms with van der Waals surface area (Å²) >= 11 is 0. The van der Waals surface area contributed by atoms with Gasteiger partial charge in [-0.15, -0.1) is 0 Å². The first-order chi connectivity index (χ1) is 14.0. The Bertz CT molecular complexity index is 723. The monoisotopic (exact) mass is 414 g/mol. The molecule has 3 N–H and O–H groups in total. The Labute approximate surface area is 183 Å². The normalized spacial score (nSPS) is 39.1. The first-order valence-electron chi connectivity index (χ1n) is 11.9. The summed E-state index contributed by atoms with van der Waals surface area (Å²) in [4.78, 5) is 0. The predicted molar refractivity (Wildman–Crippen MR) is 124 cm³/mol. The van der Waals surface area contributed by atoms with Crippen LogP contribution in [0.15, 0.2) is 47.6 Å². The Hall–Kier alpha value is -1.16. The molecule has 0 aliphatic heterocycles. The third kappa shape index (κ3) is 5.18. The zero-order valence-corrected chi connectivity index (χ0v) is 19.4. The van der Waals surface area contributed by atoms with Gasteiger partial charge in [-0.2, -0.15) is 0 Å². The summed E-state index contributed by atoms with van der Waals surface area (Å²) in [5.41, 5.74) is 2.92. The average molecular weight is 415 g/mol. The predicted octanol–water partition coefficient (Wildman–Crippen LogP) is 5.48. The molecular formula is C27H42O3. The maximum atomic E-state index is 10.1. The number of allylic oxidation sites excluding steroid dienone is 4. The van der Waals surface area contributed by atoms with Gasteiger partial charge in [-0.05, 0) is 93.1 Å². The lowest BCUT2D eigenvalue weighted by atomic mass is 9.61. The summed E-state index contributed by atoms with van der Waals surface area (Å²) in [7, 11) is 0. The van der Waals surface area contributed by atoms with E-state index in [0.29, 0.717) is 36.0 Å². The van der Waals surface area contributed by atoms with Gasteiger partial charge in [0.1, 0.15) is 0 Å². The molecule has 6 atom stereocenters. The first kappa shape index (κ1) is 23.5. The van der Waals surface area contributed by atoms with Gasteiger partial charge in [0.05, 0.1) is 17.8 Å². The van der Waals surface area contributed by atoms with Crippen LogP contribution in [0, 0.1) is 23.2 Å². The van der Waals surface area contributed by atoms with Crippen LogP contribution in [-0.4, -0.2) is 33.1 Å². The molecule has 0 radical (unpaired) electrons. The fraction of sp³-hybridized carbons (Fsp3) is 0.704. The van der Waals surface area contributed by atoms with E-state index in [2.05, 4.69) is 38.7 Å². The van der Waals surface area contributed by atoms with Gasteiger partial charge in [0.2, 0.25) is 0 Å². The molecule has 0 saturated heterocycles. The maximum absolute atomic E-state index is 10.1. The summed E-state index contributed by atoms with van der Waals surface area (Å²) in [6.07, 6.45) is 15.6. The summed E-state index contributed by atoms with van der Waals surface area (Å²) < 4.78 is 0. The van der Waals surface area contributed by atoms with Crippen molar-refractivity contribution in [3.8, 4) is 0 Å². The lowest BCUT2D eigenvalue weighted by Gasteiger charge is -2.44. The van der Waals surface area contributed by atoms with Crippen LogP contribution in [0.2, 0.25) is 0 Å². The Balaban J connectivity index is 1.74. The van der Waals surface area contributed by atoms with Gasteiger partial charge in [-0.25, -0.2) is 0 Å². The zero-order valence-electron chi connectivity index (χ0n) is 19.4. The molecule has 0 heterocycles. The fourth-order valence-electron chi connectivity index (χ4n) is 6.41. The molecular weight excluding hydrogens is 372 g/mol. The van der Waals surface area contributed by atoms with E-state index >= 15 is 0 Å². The molecule has 0 spiro atoms. The summed E-state index contributed by atoms with van der Waals surface area (Å²) in [6, 6.07) is 0. The number of rotatable bonds is 5. The lowest BCUT2D eigenvalue weighted by molar-refractivity contribution is 0.0861. The third-order valence-electron chi connectivity index (χ3n) is 8.02. The second kappa shape index (κ2) is 9.14. The fourth-order valence-corrected chi connectivity index (χ4v) is 6.41. The topological polar surface area (TPSA) is 60.7 Å². The van der Waals surface area contributed by atoms with Crippen molar-refractivity contribution in [3.05, 3.63) is 47.6 Å². The molecule has 3 saturated carbocycles. The van der Waals surface area contributed by atoms with Crippen molar-refractivity contribution in [2.75, 3.05) is 0 Å². The van der Waals surface area contributed by atoms with Crippen molar-refractivity contribution in [1.29, 1.82) is 0 Å². The smallest absolute Gasteiger partial charge is 0.0811 e. The second-order valence-corrected chi connectivity index (χ2v) is 10.9. The molecule has 0 bridgehead atoms. The average Bonchev–Trinajstić information content (AvgIpc) is 3.00. The van der Waals surface area contributed by atoms with Gasteiger partial charge >= 0.3 is 0 Å². The van der Waals surface area contributed by atoms with E-state index in [9.17, 15) is 15.3 Å². The highest BCUT2D eigenvalue weighted by Crippen LogP contribution is 2.59. The van der Waals surface area contributed by atoms with Crippen LogP contribution in [0.5, 0.6) is 0 Å². The summed E-state index contributed by atoms with van der Waals surface area (Å²) in [5, 5.41) is 30.1. The summed E-state index contributed by atoms with van der Waals surface area (Å²) in [6.45, 7) is 12.6. The van der Waals surface area contributed by atoms with E-state index in [4.69, 9.17) is 0 Å². The largest absolute Gasteiger partial charge is 0.393 e. The van der Waals surface area contributed by atoms with Gasteiger partial charge in [-0.3, -0.25) is 0 Å². The maximum Gasteiger partial charge on any atom is 0.0811 e. The molecule has 3 heteroatoms. The van der Waals surface area contributed by atoms with Crippen molar-refractivity contribution in [3.63, 3.8) is 0 Å². The van der Waals surface area contributed by atoms with E-state index in [-0.39, 0.29) is 0 Å². The SMILES string of the molecule is C=C1/C(=C\C=C2/CCC[C@]3(C)[C@@H]([C@H](C)C/C=C/C(C)(C)O)CC[C@@H]23)C[C@@H](O)CC1O. The molecule has 0 amide bonds. The van der Waals surface area contributed by atoms with E-state index < -0.39 is 17.8 Å². The van der Waals surface area contributed by atoms with Gasteiger partial charge in [0.25, 0.3) is 0 Å².